The average Bonchev–Trinajstić information content (AvgIpc) is 3.11. The van der Waals surface area contributed by atoms with Crippen LogP contribution in [0, 0.1) is 11.6 Å². The zero-order valence-electron chi connectivity index (χ0n) is 20.7. The number of urea groups is 1. The Morgan fingerprint density at radius 2 is 1.92 bits per heavy atom. The van der Waals surface area contributed by atoms with Crippen molar-refractivity contribution in [2.24, 2.45) is 0 Å². The number of benzene rings is 1. The minimum absolute atomic E-state index is 0. The van der Waals surface area contributed by atoms with Gasteiger partial charge in [-0.25, -0.2) is 33.4 Å². The van der Waals surface area contributed by atoms with Gasteiger partial charge in [0.2, 0.25) is 5.88 Å². The van der Waals surface area contributed by atoms with Gasteiger partial charge in [-0.3, -0.25) is 15.1 Å². The number of aromatic nitrogens is 2. The van der Waals surface area contributed by atoms with E-state index in [4.69, 9.17) is 31.3 Å². The van der Waals surface area contributed by atoms with Crippen molar-refractivity contribution in [2.75, 3.05) is 62.1 Å². The SMILES string of the molecule is C.COC(=S)CC[C@H]1CN(c2cc(F)c(N3CCON(C(=O)Nc4cc(OC)ncn4)CC3)c(F)c2)C(=O)O1. The summed E-state index contributed by atoms with van der Waals surface area (Å²) in [7, 11) is 2.89. The monoisotopic (exact) mass is 568 g/mol. The molecule has 0 radical (unpaired) electrons. The van der Waals surface area contributed by atoms with Crippen molar-refractivity contribution < 1.29 is 37.4 Å². The van der Waals surface area contributed by atoms with Gasteiger partial charge < -0.3 is 19.1 Å². The van der Waals surface area contributed by atoms with Crippen molar-refractivity contribution in [3.63, 3.8) is 0 Å². The molecule has 1 aromatic heterocycles. The van der Waals surface area contributed by atoms with E-state index < -0.39 is 29.9 Å². The molecule has 1 N–H and O–H groups in total. The Hall–Kier alpha value is -3.85. The Balaban J connectivity index is 0.00000420. The maximum atomic E-state index is 15.2. The van der Waals surface area contributed by atoms with E-state index >= 15 is 8.78 Å². The van der Waals surface area contributed by atoms with Crippen LogP contribution in [-0.2, 0) is 14.3 Å². The van der Waals surface area contributed by atoms with Crippen LogP contribution in [0.2, 0.25) is 0 Å². The Bertz CT molecular complexity index is 1180. The molecule has 2 fully saturated rings. The van der Waals surface area contributed by atoms with Crippen LogP contribution in [0.15, 0.2) is 24.5 Å². The number of nitrogens with zero attached hydrogens (tertiary/aromatic N) is 5. The third-order valence-electron chi connectivity index (χ3n) is 5.90. The zero-order valence-corrected chi connectivity index (χ0v) is 21.5. The van der Waals surface area contributed by atoms with Crippen molar-refractivity contribution in [1.82, 2.24) is 15.0 Å². The van der Waals surface area contributed by atoms with E-state index in [9.17, 15) is 9.59 Å². The second-order valence-electron chi connectivity index (χ2n) is 8.29. The molecule has 2 aliphatic heterocycles. The lowest BCUT2D eigenvalue weighted by Gasteiger charge is -2.24. The van der Waals surface area contributed by atoms with E-state index in [1.807, 2.05) is 0 Å². The lowest BCUT2D eigenvalue weighted by Crippen LogP contribution is -2.37. The minimum atomic E-state index is -0.859. The fraction of sp³-hybridized carbons (Fsp3) is 0.458. The number of anilines is 3. The van der Waals surface area contributed by atoms with Crippen molar-refractivity contribution in [2.45, 2.75) is 26.4 Å². The molecule has 2 aliphatic rings. The molecule has 3 amide bonds. The molecule has 12 nitrogen and oxygen atoms in total. The highest BCUT2D eigenvalue weighted by Crippen LogP contribution is 2.32. The molecule has 1 aromatic carbocycles. The number of hydroxylamine groups is 2. The first-order valence-corrected chi connectivity index (χ1v) is 12.1. The van der Waals surface area contributed by atoms with E-state index in [0.717, 1.165) is 17.2 Å². The summed E-state index contributed by atoms with van der Waals surface area (Å²) in [5.74, 6) is -1.26. The molecule has 0 unspecified atom stereocenters. The summed E-state index contributed by atoms with van der Waals surface area (Å²) in [6, 6.07) is 2.99. The Labute approximate surface area is 229 Å². The number of rotatable bonds is 7. The van der Waals surface area contributed by atoms with E-state index in [0.29, 0.717) is 17.9 Å². The standard InChI is InChI=1S/C23H26F2N6O6S.CH4/c1-34-19-11-18(26-13-27-19)28-22(32)31-6-5-29(7-8-36-31)21-16(24)9-14(10-17(21)25)30-12-15(37-23(30)33)3-4-20(38)35-2;/h9-11,13,15H,3-8,12H2,1-2H3,(H,26,27,28,32);1H4/t15-;/m0./s1. The van der Waals surface area contributed by atoms with Gasteiger partial charge in [-0.2, -0.15) is 0 Å². The number of carbonyl (C=O) groups excluding carboxylic acids is 2. The van der Waals surface area contributed by atoms with Gasteiger partial charge in [-0.1, -0.05) is 7.43 Å². The van der Waals surface area contributed by atoms with Gasteiger partial charge in [0.1, 0.15) is 23.9 Å². The smallest absolute Gasteiger partial charge is 0.414 e. The number of carbonyl (C=O) groups is 2. The minimum Gasteiger partial charge on any atom is -0.490 e. The maximum absolute atomic E-state index is 15.2. The molecule has 1 atom stereocenters. The quantitative estimate of drug-likeness (QED) is 0.495. The van der Waals surface area contributed by atoms with Gasteiger partial charge in [0, 0.05) is 37.7 Å². The normalized spacial score (nSPS) is 17.2. The van der Waals surface area contributed by atoms with Gasteiger partial charge in [-0.05, 0) is 18.6 Å². The number of hydrogen-bond donors (Lipinski definition) is 1. The number of thiocarbonyl (C=S) groups is 1. The largest absolute Gasteiger partial charge is 0.490 e. The van der Waals surface area contributed by atoms with Gasteiger partial charge in [0.25, 0.3) is 0 Å². The molecule has 2 aromatic rings. The van der Waals surface area contributed by atoms with E-state index in [1.54, 1.807) is 0 Å². The predicted octanol–water partition coefficient (Wildman–Crippen LogP) is 3.76. The summed E-state index contributed by atoms with van der Waals surface area (Å²) in [4.78, 5) is 40.8. The molecule has 2 saturated heterocycles. The molecule has 39 heavy (non-hydrogen) atoms. The van der Waals surface area contributed by atoms with Crippen molar-refractivity contribution >= 4 is 46.6 Å². The number of ether oxygens (including phenoxy) is 3. The zero-order chi connectivity index (χ0) is 27.2. The molecule has 0 saturated carbocycles. The number of hydrogen-bond acceptors (Lipinski definition) is 10. The van der Waals surface area contributed by atoms with Crippen molar-refractivity contribution in [3.05, 3.63) is 36.2 Å². The van der Waals surface area contributed by atoms with Crippen molar-refractivity contribution in [1.29, 1.82) is 0 Å². The number of halogens is 2. The topological polar surface area (TPSA) is 119 Å². The first-order chi connectivity index (χ1) is 18.3. The maximum Gasteiger partial charge on any atom is 0.414 e. The van der Waals surface area contributed by atoms with E-state index in [-0.39, 0.29) is 63.3 Å². The summed E-state index contributed by atoms with van der Waals surface area (Å²) < 4.78 is 45.6. The van der Waals surface area contributed by atoms with Crippen molar-refractivity contribution in [3.8, 4) is 5.88 Å². The van der Waals surface area contributed by atoms with Crippen LogP contribution < -0.4 is 19.9 Å². The van der Waals surface area contributed by atoms with Crippen LogP contribution in [0.3, 0.4) is 0 Å². The molecule has 0 aliphatic carbocycles. The molecular formula is C24H30F2N6O6S. The van der Waals surface area contributed by atoms with Crippen LogP contribution in [0.5, 0.6) is 5.88 Å². The highest BCUT2D eigenvalue weighted by Gasteiger charge is 2.34. The summed E-state index contributed by atoms with van der Waals surface area (Å²) in [6.45, 7) is 0.332. The van der Waals surface area contributed by atoms with Gasteiger partial charge in [0.05, 0.1) is 39.6 Å². The van der Waals surface area contributed by atoms with Gasteiger partial charge >= 0.3 is 12.1 Å². The highest BCUT2D eigenvalue weighted by atomic mass is 32.1. The lowest BCUT2D eigenvalue weighted by atomic mass is 10.2. The molecular weight excluding hydrogens is 538 g/mol. The van der Waals surface area contributed by atoms with Crippen LogP contribution in [0.1, 0.15) is 20.3 Å². The molecule has 0 spiro atoms. The first-order valence-electron chi connectivity index (χ1n) is 11.7. The average molecular weight is 569 g/mol. The fourth-order valence-electron chi connectivity index (χ4n) is 4.00. The van der Waals surface area contributed by atoms with E-state index in [1.165, 1.54) is 36.4 Å². The molecule has 212 valence electrons. The van der Waals surface area contributed by atoms with Gasteiger partial charge in [0.15, 0.2) is 16.7 Å². The summed E-state index contributed by atoms with van der Waals surface area (Å²) in [5.41, 5.74) is -0.243. The molecule has 4 rings (SSSR count). The molecule has 0 bridgehead atoms. The van der Waals surface area contributed by atoms with Crippen LogP contribution in [-0.4, -0.2) is 85.3 Å². The Morgan fingerprint density at radius 3 is 2.62 bits per heavy atom. The first kappa shape index (κ1) is 29.7. The summed E-state index contributed by atoms with van der Waals surface area (Å²) in [6.07, 6.45) is 0.896. The molecule has 15 heteroatoms. The summed E-state index contributed by atoms with van der Waals surface area (Å²) >= 11 is 5.00. The van der Waals surface area contributed by atoms with Crippen LogP contribution in [0.25, 0.3) is 0 Å². The number of nitrogens with one attached hydrogen (secondary N) is 1. The molecule has 3 heterocycles. The number of methoxy groups -OCH3 is 2. The Morgan fingerprint density at radius 1 is 1.18 bits per heavy atom. The van der Waals surface area contributed by atoms with E-state index in [2.05, 4.69) is 15.3 Å². The summed E-state index contributed by atoms with van der Waals surface area (Å²) in [5, 5.41) is 3.99. The second-order valence-corrected chi connectivity index (χ2v) is 8.74. The third kappa shape index (κ3) is 7.17. The highest BCUT2D eigenvalue weighted by molar-refractivity contribution is 7.80. The number of amides is 3. The second kappa shape index (κ2) is 13.3. The van der Waals surface area contributed by atoms with Crippen LogP contribution >= 0.6 is 12.2 Å². The predicted molar refractivity (Wildman–Crippen MR) is 142 cm³/mol. The fourth-order valence-corrected chi connectivity index (χ4v) is 4.12. The Kier molecular flexibility index (Phi) is 10.1. The van der Waals surface area contributed by atoms with Gasteiger partial charge in [-0.15, -0.1) is 0 Å². The lowest BCUT2D eigenvalue weighted by molar-refractivity contribution is -0.100. The number of cyclic esters (lactones) is 1. The van der Waals surface area contributed by atoms with Crippen LogP contribution in [0.4, 0.5) is 35.6 Å². The third-order valence-corrected chi connectivity index (χ3v) is 6.27.